The molecule has 1 saturated heterocycles. The average Bonchev–Trinajstić information content (AvgIpc) is 2.94. The number of urea groups is 1. The Morgan fingerprint density at radius 2 is 1.91 bits per heavy atom. The Hall–Kier alpha value is -2.57. The number of carbonyl (C=O) groups is 3. The molecule has 1 aliphatic rings. The number of nitrogens with one attached hydrogen (secondary N) is 1. The lowest BCUT2D eigenvalue weighted by molar-refractivity contribution is -0.146. The fourth-order valence-corrected chi connectivity index (χ4v) is 2.65. The smallest absolute Gasteiger partial charge is 0.335 e. The first kappa shape index (κ1) is 16.8. The second-order valence-corrected chi connectivity index (χ2v) is 5.67. The van der Waals surface area contributed by atoms with E-state index in [1.807, 2.05) is 6.92 Å². The highest BCUT2D eigenvalue weighted by Gasteiger charge is 2.37. The Balaban J connectivity index is 1.88. The molecule has 2 N–H and O–H groups in total. The van der Waals surface area contributed by atoms with Crippen molar-refractivity contribution in [2.75, 3.05) is 20.2 Å². The summed E-state index contributed by atoms with van der Waals surface area (Å²) in [6.07, 6.45) is 0. The van der Waals surface area contributed by atoms with Gasteiger partial charge in [-0.3, -0.25) is 4.79 Å². The third kappa shape index (κ3) is 4.00. The summed E-state index contributed by atoms with van der Waals surface area (Å²) >= 11 is 0. The van der Waals surface area contributed by atoms with Gasteiger partial charge in [-0.2, -0.15) is 0 Å². The highest BCUT2D eigenvalue weighted by molar-refractivity contribution is 5.87. The monoisotopic (exact) mass is 320 g/mol. The molecule has 2 amide bonds. The number of methoxy groups -OCH3 is 1. The average molecular weight is 320 g/mol. The van der Waals surface area contributed by atoms with Gasteiger partial charge in [0.25, 0.3) is 0 Å². The molecule has 1 aromatic carbocycles. The summed E-state index contributed by atoms with van der Waals surface area (Å²) in [5, 5.41) is 11.6. The number of ether oxygens (including phenoxy) is 1. The van der Waals surface area contributed by atoms with Gasteiger partial charge in [0.05, 0.1) is 18.6 Å². The summed E-state index contributed by atoms with van der Waals surface area (Å²) in [7, 11) is 1.35. The number of nitrogens with zero attached hydrogens (tertiary/aromatic N) is 1. The molecule has 0 aromatic heterocycles. The number of benzene rings is 1. The van der Waals surface area contributed by atoms with E-state index in [1.165, 1.54) is 19.2 Å². The second-order valence-electron chi connectivity index (χ2n) is 5.67. The quantitative estimate of drug-likeness (QED) is 0.816. The standard InChI is InChI=1S/C16H20N2O5/c1-10-8-18(9-13(10)15(21)23-2)16(22)17-7-11-3-5-12(6-4-11)14(19)20/h3-6,10,13H,7-9H2,1-2H3,(H,17,22)(H,19,20)/t10-,13-/m1/s1. The van der Waals surface area contributed by atoms with Gasteiger partial charge in [0.1, 0.15) is 0 Å². The number of carboxylic acid groups (broad SMARTS) is 1. The Morgan fingerprint density at radius 1 is 1.26 bits per heavy atom. The fraction of sp³-hybridized carbons (Fsp3) is 0.438. The topological polar surface area (TPSA) is 95.9 Å². The molecule has 2 atom stereocenters. The van der Waals surface area contributed by atoms with Crippen LogP contribution in [-0.2, 0) is 16.1 Å². The lowest BCUT2D eigenvalue weighted by Gasteiger charge is -2.17. The van der Waals surface area contributed by atoms with Gasteiger partial charge in [0.2, 0.25) is 0 Å². The van der Waals surface area contributed by atoms with E-state index in [2.05, 4.69) is 5.32 Å². The zero-order valence-electron chi connectivity index (χ0n) is 13.1. The van der Waals surface area contributed by atoms with Crippen LogP contribution in [-0.4, -0.2) is 48.2 Å². The van der Waals surface area contributed by atoms with E-state index in [-0.39, 0.29) is 29.4 Å². The van der Waals surface area contributed by atoms with E-state index in [4.69, 9.17) is 9.84 Å². The van der Waals surface area contributed by atoms with Gasteiger partial charge >= 0.3 is 18.0 Å². The maximum atomic E-state index is 12.2. The fourth-order valence-electron chi connectivity index (χ4n) is 2.65. The summed E-state index contributed by atoms with van der Waals surface area (Å²) in [6.45, 7) is 3.06. The molecule has 1 heterocycles. The Kier molecular flexibility index (Phi) is 5.20. The lowest BCUT2D eigenvalue weighted by atomic mass is 9.99. The molecule has 124 valence electrons. The Morgan fingerprint density at radius 3 is 2.48 bits per heavy atom. The van der Waals surface area contributed by atoms with Gasteiger partial charge < -0.3 is 20.1 Å². The first-order chi connectivity index (χ1) is 10.9. The van der Waals surface area contributed by atoms with Crippen LogP contribution in [0.15, 0.2) is 24.3 Å². The molecular formula is C16H20N2O5. The number of hydrogen-bond donors (Lipinski definition) is 2. The van der Waals surface area contributed by atoms with Crippen molar-refractivity contribution < 1.29 is 24.2 Å². The van der Waals surface area contributed by atoms with Crippen molar-refractivity contribution in [2.45, 2.75) is 13.5 Å². The van der Waals surface area contributed by atoms with Crippen LogP contribution >= 0.6 is 0 Å². The Labute approximate surface area is 134 Å². The van der Waals surface area contributed by atoms with Crippen molar-refractivity contribution in [3.05, 3.63) is 35.4 Å². The number of esters is 1. The first-order valence-electron chi connectivity index (χ1n) is 7.35. The van der Waals surface area contributed by atoms with Gasteiger partial charge in [-0.05, 0) is 23.6 Å². The minimum Gasteiger partial charge on any atom is -0.478 e. The molecule has 7 nitrogen and oxygen atoms in total. The molecule has 1 fully saturated rings. The van der Waals surface area contributed by atoms with Crippen molar-refractivity contribution in [1.29, 1.82) is 0 Å². The van der Waals surface area contributed by atoms with Gasteiger partial charge in [0, 0.05) is 19.6 Å². The van der Waals surface area contributed by atoms with Crippen LogP contribution in [0.4, 0.5) is 4.79 Å². The molecular weight excluding hydrogens is 300 g/mol. The van der Waals surface area contributed by atoms with Gasteiger partial charge in [-0.15, -0.1) is 0 Å². The number of carboxylic acids is 1. The largest absolute Gasteiger partial charge is 0.478 e. The van der Waals surface area contributed by atoms with Crippen molar-refractivity contribution >= 4 is 18.0 Å². The summed E-state index contributed by atoms with van der Waals surface area (Å²) in [5.41, 5.74) is 1.01. The van der Waals surface area contributed by atoms with E-state index < -0.39 is 5.97 Å². The summed E-state index contributed by atoms with van der Waals surface area (Å²) in [4.78, 5) is 36.2. The van der Waals surface area contributed by atoms with Crippen LogP contribution in [0.3, 0.4) is 0 Å². The SMILES string of the molecule is COC(=O)[C@@H]1CN(C(=O)NCc2ccc(C(=O)O)cc2)C[C@H]1C. The van der Waals surface area contributed by atoms with Crippen LogP contribution in [0.2, 0.25) is 0 Å². The minimum atomic E-state index is -0.986. The van der Waals surface area contributed by atoms with Crippen LogP contribution in [0.1, 0.15) is 22.8 Å². The van der Waals surface area contributed by atoms with Gasteiger partial charge in [0.15, 0.2) is 0 Å². The molecule has 1 aliphatic heterocycles. The predicted molar refractivity (Wildman–Crippen MR) is 81.9 cm³/mol. The van der Waals surface area contributed by atoms with Crippen molar-refractivity contribution in [3.8, 4) is 0 Å². The van der Waals surface area contributed by atoms with Crippen molar-refractivity contribution in [2.24, 2.45) is 11.8 Å². The molecule has 0 unspecified atom stereocenters. The summed E-state index contributed by atoms with van der Waals surface area (Å²) < 4.78 is 4.75. The molecule has 0 bridgehead atoms. The highest BCUT2D eigenvalue weighted by atomic mass is 16.5. The van der Waals surface area contributed by atoms with E-state index in [1.54, 1.807) is 17.0 Å². The van der Waals surface area contributed by atoms with E-state index in [0.717, 1.165) is 5.56 Å². The molecule has 0 aliphatic carbocycles. The molecule has 0 saturated carbocycles. The zero-order valence-corrected chi connectivity index (χ0v) is 13.1. The van der Waals surface area contributed by atoms with E-state index in [0.29, 0.717) is 19.6 Å². The Bertz CT molecular complexity index is 599. The molecule has 2 rings (SSSR count). The number of carbonyl (C=O) groups excluding carboxylic acids is 2. The number of rotatable bonds is 4. The summed E-state index contributed by atoms with van der Waals surface area (Å²) in [5.74, 6) is -1.51. The molecule has 7 heteroatoms. The lowest BCUT2D eigenvalue weighted by Crippen LogP contribution is -2.38. The number of likely N-dealkylation sites (tertiary alicyclic amines) is 1. The predicted octanol–water partition coefficient (Wildman–Crippen LogP) is 1.34. The minimum absolute atomic E-state index is 0.0584. The van der Waals surface area contributed by atoms with Crippen LogP contribution in [0.25, 0.3) is 0 Å². The number of amides is 2. The maximum Gasteiger partial charge on any atom is 0.335 e. The van der Waals surface area contributed by atoms with Gasteiger partial charge in [-0.1, -0.05) is 19.1 Å². The number of aromatic carboxylic acids is 1. The normalized spacial score (nSPS) is 20.2. The molecule has 1 aromatic rings. The maximum absolute atomic E-state index is 12.2. The van der Waals surface area contributed by atoms with Crippen molar-refractivity contribution in [1.82, 2.24) is 10.2 Å². The molecule has 0 spiro atoms. The number of hydrogen-bond acceptors (Lipinski definition) is 4. The summed E-state index contributed by atoms with van der Waals surface area (Å²) in [6, 6.07) is 6.07. The third-order valence-corrected chi connectivity index (χ3v) is 4.05. The van der Waals surface area contributed by atoms with E-state index >= 15 is 0 Å². The van der Waals surface area contributed by atoms with Gasteiger partial charge in [-0.25, -0.2) is 9.59 Å². The zero-order chi connectivity index (χ0) is 17.0. The van der Waals surface area contributed by atoms with E-state index in [9.17, 15) is 14.4 Å². The first-order valence-corrected chi connectivity index (χ1v) is 7.35. The van der Waals surface area contributed by atoms with Crippen molar-refractivity contribution in [3.63, 3.8) is 0 Å². The highest BCUT2D eigenvalue weighted by Crippen LogP contribution is 2.24. The molecule has 0 radical (unpaired) electrons. The second kappa shape index (κ2) is 7.13. The molecule has 23 heavy (non-hydrogen) atoms. The van der Waals surface area contributed by atoms with Crippen LogP contribution in [0, 0.1) is 11.8 Å². The third-order valence-electron chi connectivity index (χ3n) is 4.05. The van der Waals surface area contributed by atoms with Crippen LogP contribution in [0.5, 0.6) is 0 Å². The van der Waals surface area contributed by atoms with Crippen LogP contribution < -0.4 is 5.32 Å².